The van der Waals surface area contributed by atoms with Crippen LogP contribution in [0.15, 0.2) is 12.3 Å². The van der Waals surface area contributed by atoms with Gasteiger partial charge in [-0.15, -0.1) is 0 Å². The van der Waals surface area contributed by atoms with Crippen molar-refractivity contribution in [1.29, 1.82) is 0 Å². The second-order valence-corrected chi connectivity index (χ2v) is 3.05. The minimum absolute atomic E-state index is 0.170. The van der Waals surface area contributed by atoms with E-state index in [9.17, 15) is 9.18 Å². The maximum Gasteiger partial charge on any atom is 0.360 e. The number of halogens is 1. The summed E-state index contributed by atoms with van der Waals surface area (Å²) >= 11 is 0. The fraction of sp³-hybridized carbons (Fsp3) is 0.333. The van der Waals surface area contributed by atoms with Gasteiger partial charge in [0, 0.05) is 6.07 Å². The Labute approximate surface area is 80.9 Å². The largest absolute Gasteiger partial charge is 0.458 e. The Bertz CT molecular complexity index is 353. The minimum atomic E-state index is -0.780. The normalized spacial score (nSPS) is 10.3. The molecule has 0 unspecified atom stereocenters. The van der Waals surface area contributed by atoms with Gasteiger partial charge in [-0.3, -0.25) is 0 Å². The molecule has 5 heteroatoms. The Morgan fingerprint density at radius 1 is 1.64 bits per heavy atom. The van der Waals surface area contributed by atoms with Gasteiger partial charge in [-0.25, -0.2) is 14.2 Å². The van der Waals surface area contributed by atoms with Crippen LogP contribution < -0.4 is 5.73 Å². The lowest BCUT2D eigenvalue weighted by Crippen LogP contribution is -2.15. The number of carbonyl (C=O) groups is 1. The Balaban J connectivity index is 2.90. The number of aromatic nitrogens is 1. The predicted molar refractivity (Wildman–Crippen MR) is 49.2 cm³/mol. The monoisotopic (exact) mass is 198 g/mol. The minimum Gasteiger partial charge on any atom is -0.458 e. The summed E-state index contributed by atoms with van der Waals surface area (Å²) in [5, 5.41) is 0. The van der Waals surface area contributed by atoms with Crippen LogP contribution in [-0.4, -0.2) is 17.1 Å². The van der Waals surface area contributed by atoms with E-state index in [1.54, 1.807) is 13.8 Å². The van der Waals surface area contributed by atoms with Gasteiger partial charge < -0.3 is 10.5 Å². The highest BCUT2D eigenvalue weighted by Crippen LogP contribution is 2.10. The number of pyridine rings is 1. The van der Waals surface area contributed by atoms with Crippen molar-refractivity contribution in [2.75, 3.05) is 5.73 Å². The summed E-state index contributed by atoms with van der Waals surface area (Å²) in [7, 11) is 0. The zero-order valence-electron chi connectivity index (χ0n) is 7.95. The molecule has 0 atom stereocenters. The van der Waals surface area contributed by atoms with E-state index in [4.69, 9.17) is 10.5 Å². The first-order chi connectivity index (χ1) is 6.50. The van der Waals surface area contributed by atoms with Gasteiger partial charge in [0.1, 0.15) is 0 Å². The van der Waals surface area contributed by atoms with Crippen LogP contribution in [0, 0.1) is 5.82 Å². The van der Waals surface area contributed by atoms with Gasteiger partial charge in [0.15, 0.2) is 11.5 Å². The molecular formula is C9H11FN2O2. The molecule has 76 valence electrons. The first-order valence-corrected chi connectivity index (χ1v) is 4.12. The number of esters is 1. The van der Waals surface area contributed by atoms with Gasteiger partial charge in [-0.2, -0.15) is 0 Å². The average Bonchev–Trinajstić information content (AvgIpc) is 2.01. The highest BCUT2D eigenvalue weighted by atomic mass is 19.1. The van der Waals surface area contributed by atoms with Crippen LogP contribution in [0.1, 0.15) is 24.3 Å². The van der Waals surface area contributed by atoms with Crippen LogP contribution in [0.25, 0.3) is 0 Å². The number of hydrogen-bond donors (Lipinski definition) is 1. The van der Waals surface area contributed by atoms with E-state index in [0.717, 1.165) is 6.07 Å². The molecule has 0 fully saturated rings. The number of nitrogens with zero attached hydrogens (tertiary/aromatic N) is 1. The highest BCUT2D eigenvalue weighted by Gasteiger charge is 2.16. The summed E-state index contributed by atoms with van der Waals surface area (Å²) in [5.74, 6) is -1.55. The summed E-state index contributed by atoms with van der Waals surface area (Å²) in [5.41, 5.74) is 5.10. The van der Waals surface area contributed by atoms with Crippen molar-refractivity contribution in [1.82, 2.24) is 4.98 Å². The topological polar surface area (TPSA) is 65.2 Å². The van der Waals surface area contributed by atoms with E-state index in [1.807, 2.05) is 0 Å². The van der Waals surface area contributed by atoms with Crippen LogP contribution in [0.4, 0.5) is 10.1 Å². The Morgan fingerprint density at radius 3 is 2.79 bits per heavy atom. The molecule has 0 radical (unpaired) electrons. The molecule has 0 bridgehead atoms. The van der Waals surface area contributed by atoms with Crippen LogP contribution in [-0.2, 0) is 4.74 Å². The third kappa shape index (κ3) is 2.42. The van der Waals surface area contributed by atoms with Crippen molar-refractivity contribution in [2.24, 2.45) is 0 Å². The SMILES string of the molecule is CC(C)OC(=O)c1ncc(N)cc1F. The second kappa shape index (κ2) is 4.04. The molecule has 2 N–H and O–H groups in total. The lowest BCUT2D eigenvalue weighted by molar-refractivity contribution is 0.0365. The van der Waals surface area contributed by atoms with Gasteiger partial charge in [-0.1, -0.05) is 0 Å². The number of rotatable bonds is 2. The van der Waals surface area contributed by atoms with Crippen LogP contribution in [0.5, 0.6) is 0 Å². The molecule has 1 heterocycles. The van der Waals surface area contributed by atoms with Crippen molar-refractivity contribution >= 4 is 11.7 Å². The molecule has 0 spiro atoms. The smallest absolute Gasteiger partial charge is 0.360 e. The molecule has 1 aromatic rings. The molecule has 14 heavy (non-hydrogen) atoms. The maximum absolute atomic E-state index is 13.1. The van der Waals surface area contributed by atoms with Gasteiger partial charge in [-0.05, 0) is 13.8 Å². The van der Waals surface area contributed by atoms with Gasteiger partial charge >= 0.3 is 5.97 Å². The highest BCUT2D eigenvalue weighted by molar-refractivity contribution is 5.87. The molecule has 0 aliphatic heterocycles. The van der Waals surface area contributed by atoms with Crippen molar-refractivity contribution < 1.29 is 13.9 Å². The molecule has 0 amide bonds. The first-order valence-electron chi connectivity index (χ1n) is 4.12. The Morgan fingerprint density at radius 2 is 2.29 bits per heavy atom. The molecule has 4 nitrogen and oxygen atoms in total. The Kier molecular flexibility index (Phi) is 3.01. The predicted octanol–water partition coefficient (Wildman–Crippen LogP) is 1.37. The lowest BCUT2D eigenvalue weighted by Gasteiger charge is -2.07. The number of carbonyl (C=O) groups excluding carboxylic acids is 1. The first kappa shape index (κ1) is 10.4. The zero-order chi connectivity index (χ0) is 10.7. The molecule has 1 rings (SSSR count). The summed E-state index contributed by atoms with van der Waals surface area (Å²) in [6.45, 7) is 3.35. The molecule has 0 aliphatic rings. The quantitative estimate of drug-likeness (QED) is 0.729. The number of ether oxygens (including phenoxy) is 1. The van der Waals surface area contributed by atoms with E-state index >= 15 is 0 Å². The maximum atomic E-state index is 13.1. The van der Waals surface area contributed by atoms with Gasteiger partial charge in [0.05, 0.1) is 18.0 Å². The number of nitrogen functional groups attached to an aromatic ring is 1. The van der Waals surface area contributed by atoms with Crippen molar-refractivity contribution in [3.63, 3.8) is 0 Å². The number of nitrogens with two attached hydrogens (primary N) is 1. The molecule has 0 aliphatic carbocycles. The summed E-state index contributed by atoms with van der Waals surface area (Å²) < 4.78 is 17.9. The fourth-order valence-electron chi connectivity index (χ4n) is 0.873. The van der Waals surface area contributed by atoms with Gasteiger partial charge in [0.2, 0.25) is 0 Å². The van der Waals surface area contributed by atoms with E-state index in [0.29, 0.717) is 0 Å². The standard InChI is InChI=1S/C9H11FN2O2/c1-5(2)14-9(13)8-7(10)3-6(11)4-12-8/h3-5H,11H2,1-2H3. The molecule has 1 aromatic heterocycles. The van der Waals surface area contributed by atoms with Crippen molar-refractivity contribution in [3.8, 4) is 0 Å². The van der Waals surface area contributed by atoms with Crippen LogP contribution in [0.3, 0.4) is 0 Å². The average molecular weight is 198 g/mol. The van der Waals surface area contributed by atoms with E-state index in [1.165, 1.54) is 6.20 Å². The summed E-state index contributed by atoms with van der Waals surface area (Å²) in [6.07, 6.45) is 0.904. The van der Waals surface area contributed by atoms with Gasteiger partial charge in [0.25, 0.3) is 0 Å². The van der Waals surface area contributed by atoms with E-state index in [-0.39, 0.29) is 17.5 Å². The van der Waals surface area contributed by atoms with E-state index in [2.05, 4.69) is 4.98 Å². The van der Waals surface area contributed by atoms with Crippen molar-refractivity contribution in [2.45, 2.75) is 20.0 Å². The number of anilines is 1. The third-order valence-corrected chi connectivity index (χ3v) is 1.40. The molecule has 0 saturated heterocycles. The Hall–Kier alpha value is -1.65. The third-order valence-electron chi connectivity index (χ3n) is 1.40. The molecule has 0 saturated carbocycles. The van der Waals surface area contributed by atoms with Crippen LogP contribution in [0.2, 0.25) is 0 Å². The molecule has 0 aromatic carbocycles. The number of hydrogen-bond acceptors (Lipinski definition) is 4. The zero-order valence-corrected chi connectivity index (χ0v) is 7.95. The summed E-state index contributed by atoms with van der Waals surface area (Å²) in [4.78, 5) is 14.8. The van der Waals surface area contributed by atoms with E-state index < -0.39 is 11.8 Å². The second-order valence-electron chi connectivity index (χ2n) is 3.05. The molecular weight excluding hydrogens is 187 g/mol. The van der Waals surface area contributed by atoms with Crippen LogP contribution >= 0.6 is 0 Å². The van der Waals surface area contributed by atoms with Crippen molar-refractivity contribution in [3.05, 3.63) is 23.8 Å². The lowest BCUT2D eigenvalue weighted by atomic mass is 10.3. The summed E-state index contributed by atoms with van der Waals surface area (Å²) in [6, 6.07) is 1.03. The fourth-order valence-corrected chi connectivity index (χ4v) is 0.873.